The number of benzene rings is 1. The van der Waals surface area contributed by atoms with E-state index in [9.17, 15) is 13.2 Å². The summed E-state index contributed by atoms with van der Waals surface area (Å²) < 4.78 is 32.6. The minimum absolute atomic E-state index is 0.0430. The second kappa shape index (κ2) is 11.4. The zero-order valence-electron chi connectivity index (χ0n) is 18.7. The number of thiophene rings is 1. The van der Waals surface area contributed by atoms with Crippen LogP contribution < -0.4 is 0 Å². The van der Waals surface area contributed by atoms with Crippen molar-refractivity contribution in [1.29, 1.82) is 0 Å². The maximum absolute atomic E-state index is 13.0. The Kier molecular flexibility index (Phi) is 8.32. The Bertz CT molecular complexity index is 1010. The van der Waals surface area contributed by atoms with E-state index < -0.39 is 10.0 Å². The molecular formula is C24H31N3O4S2. The zero-order chi connectivity index (χ0) is 23.1. The van der Waals surface area contributed by atoms with Crippen LogP contribution in [0.25, 0.3) is 6.08 Å². The number of rotatable bonds is 9. The van der Waals surface area contributed by atoms with Gasteiger partial charge in [0.2, 0.25) is 15.9 Å². The van der Waals surface area contributed by atoms with Crippen LogP contribution in [0.3, 0.4) is 0 Å². The van der Waals surface area contributed by atoms with E-state index in [-0.39, 0.29) is 12.0 Å². The Morgan fingerprint density at radius 1 is 1.12 bits per heavy atom. The van der Waals surface area contributed by atoms with Gasteiger partial charge in [-0.2, -0.15) is 4.31 Å². The molecule has 4 rings (SSSR count). The Hall–Kier alpha value is -2.04. The molecule has 33 heavy (non-hydrogen) atoms. The lowest BCUT2D eigenvalue weighted by molar-refractivity contribution is -0.134. The fraction of sp³-hybridized carbons (Fsp3) is 0.458. The maximum Gasteiger partial charge on any atom is 0.236 e. The molecule has 0 saturated carbocycles. The highest BCUT2D eigenvalue weighted by molar-refractivity contribution is 7.92. The first-order chi connectivity index (χ1) is 16.0. The van der Waals surface area contributed by atoms with Gasteiger partial charge in [0, 0.05) is 56.2 Å². The highest BCUT2D eigenvalue weighted by atomic mass is 32.2. The van der Waals surface area contributed by atoms with E-state index in [1.54, 1.807) is 22.3 Å². The molecule has 0 aliphatic carbocycles. The molecule has 1 aromatic heterocycles. The van der Waals surface area contributed by atoms with Crippen molar-refractivity contribution in [2.75, 3.05) is 45.9 Å². The van der Waals surface area contributed by atoms with E-state index in [2.05, 4.69) is 11.0 Å². The Morgan fingerprint density at radius 2 is 1.91 bits per heavy atom. The SMILES string of the molecule is O=C(CN(Cc1cccs1)CC1CCCO1)N1CCN(S(=O)(=O)C=Cc2ccccc2)CC1. The monoisotopic (exact) mass is 489 g/mol. The molecule has 1 amide bonds. The molecule has 0 bridgehead atoms. The summed E-state index contributed by atoms with van der Waals surface area (Å²) in [4.78, 5) is 18.2. The lowest BCUT2D eigenvalue weighted by atomic mass is 10.2. The molecule has 1 unspecified atom stereocenters. The van der Waals surface area contributed by atoms with Gasteiger partial charge in [-0.15, -0.1) is 11.3 Å². The van der Waals surface area contributed by atoms with Crippen LogP contribution in [0.2, 0.25) is 0 Å². The van der Waals surface area contributed by atoms with Crippen molar-refractivity contribution >= 4 is 33.3 Å². The maximum atomic E-state index is 13.0. The van der Waals surface area contributed by atoms with Crippen molar-refractivity contribution in [3.8, 4) is 0 Å². The molecule has 1 atom stereocenters. The van der Waals surface area contributed by atoms with Gasteiger partial charge < -0.3 is 9.64 Å². The standard InChI is InChI=1S/C24H31N3O4S2/c28-24(20-25(18-22-8-4-15-31-22)19-23-9-5-16-32-23)26-11-13-27(14-12-26)33(29,30)17-10-21-6-2-1-3-7-21/h1-3,5-7,9-10,16-17,22H,4,8,11-15,18-20H2. The van der Waals surface area contributed by atoms with Gasteiger partial charge in [-0.05, 0) is 35.9 Å². The number of hydrogen-bond donors (Lipinski definition) is 0. The quantitative estimate of drug-likeness (QED) is 0.542. The number of piperazine rings is 1. The Morgan fingerprint density at radius 3 is 2.58 bits per heavy atom. The second-order valence-electron chi connectivity index (χ2n) is 8.42. The molecule has 0 N–H and O–H groups in total. The van der Waals surface area contributed by atoms with Gasteiger partial charge in [0.15, 0.2) is 0 Å². The predicted molar refractivity (Wildman–Crippen MR) is 131 cm³/mol. The molecule has 9 heteroatoms. The van der Waals surface area contributed by atoms with E-state index >= 15 is 0 Å². The van der Waals surface area contributed by atoms with Crippen LogP contribution in [-0.4, -0.2) is 80.4 Å². The highest BCUT2D eigenvalue weighted by Gasteiger charge is 2.29. The summed E-state index contributed by atoms with van der Waals surface area (Å²) in [6.07, 6.45) is 3.89. The summed E-state index contributed by atoms with van der Waals surface area (Å²) in [7, 11) is -3.51. The van der Waals surface area contributed by atoms with Gasteiger partial charge in [0.1, 0.15) is 0 Å². The minimum Gasteiger partial charge on any atom is -0.377 e. The van der Waals surface area contributed by atoms with Crippen molar-refractivity contribution in [2.45, 2.75) is 25.5 Å². The topological polar surface area (TPSA) is 70.2 Å². The predicted octanol–water partition coefficient (Wildman–Crippen LogP) is 2.87. The van der Waals surface area contributed by atoms with E-state index in [0.29, 0.717) is 32.7 Å². The third kappa shape index (κ3) is 6.97. The number of sulfonamides is 1. The molecule has 0 spiro atoms. The van der Waals surface area contributed by atoms with Crippen LogP contribution in [0, 0.1) is 0 Å². The molecule has 7 nitrogen and oxygen atoms in total. The van der Waals surface area contributed by atoms with Crippen molar-refractivity contribution in [3.63, 3.8) is 0 Å². The molecular weight excluding hydrogens is 458 g/mol. The van der Waals surface area contributed by atoms with Crippen LogP contribution in [-0.2, 0) is 26.1 Å². The summed E-state index contributed by atoms with van der Waals surface area (Å²) in [5.74, 6) is 0.0430. The van der Waals surface area contributed by atoms with E-state index in [1.165, 1.54) is 14.6 Å². The molecule has 0 radical (unpaired) electrons. The minimum atomic E-state index is -3.51. The molecule has 3 heterocycles. The third-order valence-corrected chi connectivity index (χ3v) is 8.41. The van der Waals surface area contributed by atoms with Crippen LogP contribution in [0.4, 0.5) is 0 Å². The molecule has 1 aromatic carbocycles. The Balaban J connectivity index is 1.31. The first-order valence-electron chi connectivity index (χ1n) is 11.4. The zero-order valence-corrected chi connectivity index (χ0v) is 20.3. The van der Waals surface area contributed by atoms with Gasteiger partial charge in [-0.3, -0.25) is 9.69 Å². The average molecular weight is 490 g/mol. The first kappa shape index (κ1) is 24.1. The van der Waals surface area contributed by atoms with Gasteiger partial charge in [0.25, 0.3) is 0 Å². The lowest BCUT2D eigenvalue weighted by Crippen LogP contribution is -2.52. The Labute approximate surface area is 200 Å². The number of carbonyl (C=O) groups excluding carboxylic acids is 1. The van der Waals surface area contributed by atoms with Crippen molar-refractivity contribution in [3.05, 3.63) is 63.7 Å². The largest absolute Gasteiger partial charge is 0.377 e. The van der Waals surface area contributed by atoms with Crippen LogP contribution in [0.5, 0.6) is 0 Å². The normalized spacial score (nSPS) is 20.2. The average Bonchev–Trinajstić information content (AvgIpc) is 3.53. The van der Waals surface area contributed by atoms with Crippen LogP contribution in [0.1, 0.15) is 23.3 Å². The van der Waals surface area contributed by atoms with E-state index in [0.717, 1.165) is 38.1 Å². The molecule has 2 saturated heterocycles. The van der Waals surface area contributed by atoms with Gasteiger partial charge in [-0.25, -0.2) is 8.42 Å². The molecule has 2 aromatic rings. The lowest BCUT2D eigenvalue weighted by Gasteiger charge is -2.35. The van der Waals surface area contributed by atoms with E-state index in [1.807, 2.05) is 41.8 Å². The summed E-state index contributed by atoms with van der Waals surface area (Å²) in [6.45, 7) is 4.00. The molecule has 2 fully saturated rings. The van der Waals surface area contributed by atoms with Crippen molar-refractivity contribution in [2.24, 2.45) is 0 Å². The number of ether oxygens (including phenoxy) is 1. The summed E-state index contributed by atoms with van der Waals surface area (Å²) in [5.41, 5.74) is 0.840. The number of nitrogens with zero attached hydrogens (tertiary/aromatic N) is 3. The number of carbonyl (C=O) groups is 1. The molecule has 2 aliphatic rings. The van der Waals surface area contributed by atoms with Crippen LogP contribution in [0.15, 0.2) is 53.3 Å². The summed E-state index contributed by atoms with van der Waals surface area (Å²) >= 11 is 1.69. The third-order valence-electron chi connectivity index (χ3n) is 5.99. The smallest absolute Gasteiger partial charge is 0.236 e. The van der Waals surface area contributed by atoms with Crippen molar-refractivity contribution < 1.29 is 17.9 Å². The van der Waals surface area contributed by atoms with Gasteiger partial charge in [-0.1, -0.05) is 36.4 Å². The number of amides is 1. The van der Waals surface area contributed by atoms with Crippen LogP contribution >= 0.6 is 11.3 Å². The number of hydrogen-bond acceptors (Lipinski definition) is 6. The summed E-state index contributed by atoms with van der Waals surface area (Å²) in [5, 5.41) is 3.30. The van der Waals surface area contributed by atoms with E-state index in [4.69, 9.17) is 4.74 Å². The summed E-state index contributed by atoms with van der Waals surface area (Å²) in [6, 6.07) is 13.5. The van der Waals surface area contributed by atoms with Gasteiger partial charge in [0.05, 0.1) is 12.6 Å². The fourth-order valence-corrected chi connectivity index (χ4v) is 6.10. The van der Waals surface area contributed by atoms with Gasteiger partial charge >= 0.3 is 0 Å². The second-order valence-corrected chi connectivity index (χ2v) is 11.3. The molecule has 2 aliphatic heterocycles. The van der Waals surface area contributed by atoms with Crippen molar-refractivity contribution in [1.82, 2.24) is 14.1 Å². The fourth-order valence-electron chi connectivity index (χ4n) is 4.18. The first-order valence-corrected chi connectivity index (χ1v) is 13.8. The molecule has 178 valence electrons. The highest BCUT2D eigenvalue weighted by Crippen LogP contribution is 2.18.